The van der Waals surface area contributed by atoms with E-state index in [9.17, 15) is 4.79 Å². The van der Waals surface area contributed by atoms with Crippen LogP contribution >= 0.6 is 35.0 Å². The molecular weight excluding hydrogens is 305 g/mol. The molecule has 6 heteroatoms. The van der Waals surface area contributed by atoms with Gasteiger partial charge in [-0.05, 0) is 23.8 Å². The van der Waals surface area contributed by atoms with Crippen LogP contribution in [0, 0.1) is 0 Å². The summed E-state index contributed by atoms with van der Waals surface area (Å²) in [5, 5.41) is 10.3. The second kappa shape index (κ2) is 6.84. The van der Waals surface area contributed by atoms with Crippen LogP contribution in [0.1, 0.15) is 12.0 Å². The Bertz CT molecular complexity index is 470. The van der Waals surface area contributed by atoms with Crippen LogP contribution in [0.25, 0.3) is 0 Å². The minimum Gasteiger partial charge on any atom is -0.481 e. The van der Waals surface area contributed by atoms with Gasteiger partial charge in [0.15, 0.2) is 0 Å². The predicted octanol–water partition coefficient (Wildman–Crippen LogP) is 3.39. The number of rotatable bonds is 4. The average Bonchev–Trinajstić information content (AvgIpc) is 2.35. The van der Waals surface area contributed by atoms with Gasteiger partial charge in [-0.1, -0.05) is 23.2 Å². The lowest BCUT2D eigenvalue weighted by molar-refractivity contribution is -0.138. The molecule has 1 fully saturated rings. The van der Waals surface area contributed by atoms with E-state index in [1.807, 2.05) is 6.07 Å². The molecule has 1 aromatic rings. The lowest BCUT2D eigenvalue weighted by Crippen LogP contribution is -2.43. The highest BCUT2D eigenvalue weighted by molar-refractivity contribution is 7.99. The van der Waals surface area contributed by atoms with E-state index in [4.69, 9.17) is 28.3 Å². The smallest absolute Gasteiger partial charge is 0.304 e. The zero-order valence-electron chi connectivity index (χ0n) is 10.3. The maximum atomic E-state index is 10.9. The molecule has 3 nitrogen and oxygen atoms in total. The Labute approximate surface area is 126 Å². The summed E-state index contributed by atoms with van der Waals surface area (Å²) in [6, 6.07) is 5.45. The van der Waals surface area contributed by atoms with Gasteiger partial charge in [-0.15, -0.1) is 0 Å². The molecule has 0 aromatic heterocycles. The van der Waals surface area contributed by atoms with Crippen LogP contribution < -0.4 is 0 Å². The number of hydrogen-bond acceptors (Lipinski definition) is 3. The van der Waals surface area contributed by atoms with Crippen molar-refractivity contribution in [1.82, 2.24) is 4.90 Å². The normalized spacial score (nSPS) is 20.4. The summed E-state index contributed by atoms with van der Waals surface area (Å²) in [5.41, 5.74) is 0.955. The van der Waals surface area contributed by atoms with Crippen molar-refractivity contribution in [2.75, 3.05) is 18.1 Å². The summed E-state index contributed by atoms with van der Waals surface area (Å²) < 4.78 is 0. The van der Waals surface area contributed by atoms with Gasteiger partial charge in [0.05, 0.1) is 6.42 Å². The molecule has 1 aromatic carbocycles. The lowest BCUT2D eigenvalue weighted by atomic mass is 10.1. The number of nitrogens with zero attached hydrogens (tertiary/aromatic N) is 1. The average molecular weight is 320 g/mol. The van der Waals surface area contributed by atoms with Gasteiger partial charge in [-0.3, -0.25) is 9.69 Å². The third-order valence-electron chi connectivity index (χ3n) is 3.14. The summed E-state index contributed by atoms with van der Waals surface area (Å²) in [7, 11) is 0. The van der Waals surface area contributed by atoms with E-state index < -0.39 is 5.97 Å². The summed E-state index contributed by atoms with van der Waals surface area (Å²) in [6.07, 6.45) is 0.172. The number of halogens is 2. The van der Waals surface area contributed by atoms with Crippen molar-refractivity contribution in [2.24, 2.45) is 0 Å². The number of carboxylic acid groups (broad SMARTS) is 1. The van der Waals surface area contributed by atoms with Gasteiger partial charge < -0.3 is 5.11 Å². The number of aliphatic carboxylic acids is 1. The fraction of sp³-hybridized carbons (Fsp3) is 0.462. The molecule has 0 saturated carbocycles. The first-order valence-electron chi connectivity index (χ1n) is 6.04. The van der Waals surface area contributed by atoms with Gasteiger partial charge in [-0.2, -0.15) is 11.8 Å². The molecule has 1 heterocycles. The molecular formula is C13H15Cl2NO2S. The number of benzene rings is 1. The largest absolute Gasteiger partial charge is 0.481 e. The summed E-state index contributed by atoms with van der Waals surface area (Å²) in [4.78, 5) is 13.1. The number of carbonyl (C=O) groups is 1. The Kier molecular flexibility index (Phi) is 5.39. The van der Waals surface area contributed by atoms with Crippen molar-refractivity contribution in [3.8, 4) is 0 Å². The van der Waals surface area contributed by atoms with Crippen LogP contribution in [0.5, 0.6) is 0 Å². The Balaban J connectivity index is 2.10. The first kappa shape index (κ1) is 15.0. The van der Waals surface area contributed by atoms with Crippen molar-refractivity contribution in [2.45, 2.75) is 19.0 Å². The highest BCUT2D eigenvalue weighted by Crippen LogP contribution is 2.26. The van der Waals surface area contributed by atoms with Gasteiger partial charge in [0, 0.05) is 40.7 Å². The summed E-state index contributed by atoms with van der Waals surface area (Å²) in [5.74, 6) is 1.12. The fourth-order valence-corrected chi connectivity index (χ4v) is 3.67. The molecule has 0 amide bonds. The fourth-order valence-electron chi connectivity index (χ4n) is 2.17. The number of hydrogen-bond donors (Lipinski definition) is 1. The maximum Gasteiger partial charge on any atom is 0.304 e. The van der Waals surface area contributed by atoms with Crippen molar-refractivity contribution >= 4 is 40.9 Å². The SMILES string of the molecule is O=C(O)CC1CSCCN1Cc1cc(Cl)ccc1Cl. The second-order valence-electron chi connectivity index (χ2n) is 4.53. The van der Waals surface area contributed by atoms with Crippen molar-refractivity contribution in [1.29, 1.82) is 0 Å². The molecule has 0 aliphatic carbocycles. The number of thioether (sulfide) groups is 1. The summed E-state index contributed by atoms with van der Waals surface area (Å²) in [6.45, 7) is 1.53. The van der Waals surface area contributed by atoms with Crippen LogP contribution in [-0.2, 0) is 11.3 Å². The van der Waals surface area contributed by atoms with Gasteiger partial charge >= 0.3 is 5.97 Å². The van der Waals surface area contributed by atoms with Gasteiger partial charge in [0.25, 0.3) is 0 Å². The molecule has 1 aliphatic heterocycles. The molecule has 1 atom stereocenters. The van der Waals surface area contributed by atoms with E-state index >= 15 is 0 Å². The topological polar surface area (TPSA) is 40.5 Å². The monoisotopic (exact) mass is 319 g/mol. The molecule has 2 rings (SSSR count). The first-order valence-corrected chi connectivity index (χ1v) is 7.95. The van der Waals surface area contributed by atoms with E-state index in [2.05, 4.69) is 4.90 Å². The molecule has 0 bridgehead atoms. The maximum absolute atomic E-state index is 10.9. The van der Waals surface area contributed by atoms with Gasteiger partial charge in [0.2, 0.25) is 0 Å². The highest BCUT2D eigenvalue weighted by Gasteiger charge is 2.25. The molecule has 1 N–H and O–H groups in total. The molecule has 0 spiro atoms. The van der Waals surface area contributed by atoms with Crippen LogP contribution in [0.15, 0.2) is 18.2 Å². The zero-order valence-corrected chi connectivity index (χ0v) is 12.6. The standard InChI is InChI=1S/C13H15Cl2NO2S/c14-10-1-2-12(15)9(5-10)7-16-3-4-19-8-11(16)6-13(17)18/h1-2,5,11H,3-4,6-8H2,(H,17,18). The summed E-state index contributed by atoms with van der Waals surface area (Å²) >= 11 is 13.9. The lowest BCUT2D eigenvalue weighted by Gasteiger charge is -2.34. The molecule has 104 valence electrons. The van der Waals surface area contributed by atoms with Gasteiger partial charge in [0.1, 0.15) is 0 Å². The predicted molar refractivity (Wildman–Crippen MR) is 80.2 cm³/mol. The minimum absolute atomic E-state index is 0.0614. The minimum atomic E-state index is -0.755. The molecule has 1 aliphatic rings. The Morgan fingerprint density at radius 1 is 1.47 bits per heavy atom. The first-order chi connectivity index (χ1) is 9.06. The van der Waals surface area contributed by atoms with Crippen LogP contribution in [-0.4, -0.2) is 40.1 Å². The van der Waals surface area contributed by atoms with Crippen LogP contribution in [0.2, 0.25) is 10.0 Å². The van der Waals surface area contributed by atoms with Crippen molar-refractivity contribution in [3.05, 3.63) is 33.8 Å². The van der Waals surface area contributed by atoms with E-state index in [0.717, 1.165) is 23.6 Å². The quantitative estimate of drug-likeness (QED) is 0.923. The van der Waals surface area contributed by atoms with E-state index in [1.165, 1.54) is 0 Å². The second-order valence-corrected chi connectivity index (χ2v) is 6.53. The van der Waals surface area contributed by atoms with E-state index in [1.54, 1.807) is 23.9 Å². The Hall–Kier alpha value is -0.420. The van der Waals surface area contributed by atoms with E-state index in [0.29, 0.717) is 16.6 Å². The molecule has 1 unspecified atom stereocenters. The van der Waals surface area contributed by atoms with Gasteiger partial charge in [-0.25, -0.2) is 0 Å². The number of carboxylic acids is 1. The highest BCUT2D eigenvalue weighted by atomic mass is 35.5. The third-order valence-corrected chi connectivity index (χ3v) is 4.84. The van der Waals surface area contributed by atoms with Crippen LogP contribution in [0.4, 0.5) is 0 Å². The molecule has 19 heavy (non-hydrogen) atoms. The Morgan fingerprint density at radius 3 is 3.00 bits per heavy atom. The van der Waals surface area contributed by atoms with Crippen molar-refractivity contribution in [3.63, 3.8) is 0 Å². The third kappa shape index (κ3) is 4.28. The zero-order chi connectivity index (χ0) is 13.8. The van der Waals surface area contributed by atoms with Crippen molar-refractivity contribution < 1.29 is 9.90 Å². The Morgan fingerprint density at radius 2 is 2.26 bits per heavy atom. The van der Waals surface area contributed by atoms with Crippen LogP contribution in [0.3, 0.4) is 0 Å². The molecule has 1 saturated heterocycles. The van der Waals surface area contributed by atoms with E-state index in [-0.39, 0.29) is 12.5 Å². The molecule has 0 radical (unpaired) electrons.